The largest absolute Gasteiger partial charge is 0.451 e. The lowest BCUT2D eigenvalue weighted by Crippen LogP contribution is -2.35. The fraction of sp³-hybridized carbons (Fsp3) is 0.200. The number of aromatic nitrogens is 1. The van der Waals surface area contributed by atoms with Gasteiger partial charge in [-0.15, -0.1) is 0 Å². The number of cyclic esters (lactones) is 1. The molecule has 0 radical (unpaired) electrons. The maximum Gasteiger partial charge on any atom is 0.416 e. The number of imide groups is 1. The third kappa shape index (κ3) is 2.73. The topological polar surface area (TPSA) is 85.8 Å². The van der Waals surface area contributed by atoms with Crippen LogP contribution in [0, 0.1) is 0 Å². The van der Waals surface area contributed by atoms with E-state index in [1.807, 2.05) is 18.2 Å². The van der Waals surface area contributed by atoms with Crippen molar-refractivity contribution >= 4 is 28.9 Å². The first kappa shape index (κ1) is 14.0. The van der Waals surface area contributed by atoms with Crippen molar-refractivity contribution in [1.29, 1.82) is 0 Å². The average Bonchev–Trinajstić information content (AvgIpc) is 2.98. The van der Waals surface area contributed by atoms with Gasteiger partial charge in [-0.25, -0.2) is 19.5 Å². The quantitative estimate of drug-likeness (QED) is 0.796. The van der Waals surface area contributed by atoms with Gasteiger partial charge in [0, 0.05) is 5.39 Å². The first-order chi connectivity index (χ1) is 10.6. The van der Waals surface area contributed by atoms with Gasteiger partial charge in [-0.1, -0.05) is 24.3 Å². The highest BCUT2D eigenvalue weighted by molar-refractivity contribution is 5.96. The fourth-order valence-electron chi connectivity index (χ4n) is 2.08. The molecule has 1 aromatic carbocycles. The molecule has 0 aliphatic carbocycles. The number of benzene rings is 1. The molecule has 0 bridgehead atoms. The summed E-state index contributed by atoms with van der Waals surface area (Å²) in [6.07, 6.45) is -0.718. The minimum atomic E-state index is -0.718. The van der Waals surface area contributed by atoms with Crippen molar-refractivity contribution in [3.8, 4) is 0 Å². The van der Waals surface area contributed by atoms with Crippen LogP contribution in [0.2, 0.25) is 0 Å². The van der Waals surface area contributed by atoms with E-state index in [4.69, 9.17) is 4.74 Å². The van der Waals surface area contributed by atoms with E-state index >= 15 is 0 Å². The standard InChI is InChI=1S/C15H12N2O5/c18-13(17-7-8-21-15(17)20)9-22-14(19)12-6-5-10-3-1-2-4-11(10)16-12/h1-6H,7-9H2. The molecular formula is C15H12N2O5. The number of nitrogens with zero attached hydrogens (tertiary/aromatic N) is 2. The molecule has 1 saturated heterocycles. The SMILES string of the molecule is O=C(OCC(=O)N1CCOC1=O)c1ccc2ccccc2n1. The van der Waals surface area contributed by atoms with Crippen molar-refractivity contribution in [3.63, 3.8) is 0 Å². The number of amides is 2. The van der Waals surface area contributed by atoms with Crippen LogP contribution in [0.25, 0.3) is 10.9 Å². The second-order valence-corrected chi connectivity index (χ2v) is 4.63. The number of fused-ring (bicyclic) bond motifs is 1. The van der Waals surface area contributed by atoms with Crippen molar-refractivity contribution in [2.45, 2.75) is 0 Å². The molecule has 1 fully saturated rings. The number of ether oxygens (including phenoxy) is 2. The number of rotatable bonds is 3. The zero-order chi connectivity index (χ0) is 15.5. The summed E-state index contributed by atoms with van der Waals surface area (Å²) >= 11 is 0. The van der Waals surface area contributed by atoms with Gasteiger partial charge in [0.15, 0.2) is 6.61 Å². The van der Waals surface area contributed by atoms with Crippen molar-refractivity contribution in [2.24, 2.45) is 0 Å². The smallest absolute Gasteiger partial charge is 0.416 e. The first-order valence-corrected chi connectivity index (χ1v) is 6.65. The molecule has 2 aromatic rings. The van der Waals surface area contributed by atoms with E-state index in [0.29, 0.717) is 5.52 Å². The van der Waals surface area contributed by atoms with Crippen LogP contribution in [0.15, 0.2) is 36.4 Å². The average molecular weight is 300 g/mol. The zero-order valence-electron chi connectivity index (χ0n) is 11.5. The Hall–Kier alpha value is -2.96. The molecule has 2 amide bonds. The van der Waals surface area contributed by atoms with Crippen LogP contribution in [0.3, 0.4) is 0 Å². The molecule has 1 aliphatic rings. The molecule has 22 heavy (non-hydrogen) atoms. The van der Waals surface area contributed by atoms with Crippen molar-refractivity contribution in [3.05, 3.63) is 42.1 Å². The Labute approximate surface area is 125 Å². The molecule has 112 valence electrons. The van der Waals surface area contributed by atoms with E-state index in [1.165, 1.54) is 6.07 Å². The molecule has 1 aliphatic heterocycles. The Kier molecular flexibility index (Phi) is 3.69. The van der Waals surface area contributed by atoms with Gasteiger partial charge < -0.3 is 9.47 Å². The number of hydrogen-bond donors (Lipinski definition) is 0. The molecule has 0 unspecified atom stereocenters. The number of carbonyl (C=O) groups is 3. The molecule has 0 spiro atoms. The molecule has 2 heterocycles. The molecule has 0 saturated carbocycles. The lowest BCUT2D eigenvalue weighted by atomic mass is 10.2. The van der Waals surface area contributed by atoms with Gasteiger partial charge in [0.1, 0.15) is 12.3 Å². The zero-order valence-corrected chi connectivity index (χ0v) is 11.5. The summed E-state index contributed by atoms with van der Waals surface area (Å²) in [4.78, 5) is 39.9. The van der Waals surface area contributed by atoms with Crippen molar-refractivity contribution in [2.75, 3.05) is 19.8 Å². The van der Waals surface area contributed by atoms with E-state index in [0.717, 1.165) is 10.3 Å². The summed E-state index contributed by atoms with van der Waals surface area (Å²) in [6.45, 7) is -0.198. The van der Waals surface area contributed by atoms with Crippen LogP contribution < -0.4 is 0 Å². The summed E-state index contributed by atoms with van der Waals surface area (Å²) < 4.78 is 9.54. The minimum absolute atomic E-state index is 0.107. The maximum atomic E-state index is 11.9. The van der Waals surface area contributed by atoms with Gasteiger partial charge in [-0.05, 0) is 12.1 Å². The van der Waals surface area contributed by atoms with Crippen LogP contribution >= 0.6 is 0 Å². The lowest BCUT2D eigenvalue weighted by Gasteiger charge is -2.10. The maximum absolute atomic E-state index is 11.9. The second kappa shape index (κ2) is 5.80. The normalized spacial score (nSPS) is 14.0. The van der Waals surface area contributed by atoms with Gasteiger partial charge in [-0.2, -0.15) is 0 Å². The molecular weight excluding hydrogens is 288 g/mol. The summed E-state index contributed by atoms with van der Waals surface area (Å²) in [7, 11) is 0. The monoisotopic (exact) mass is 300 g/mol. The molecule has 0 N–H and O–H groups in total. The van der Waals surface area contributed by atoms with Gasteiger partial charge in [-0.3, -0.25) is 4.79 Å². The second-order valence-electron chi connectivity index (χ2n) is 4.63. The molecule has 7 heteroatoms. The van der Waals surface area contributed by atoms with Gasteiger partial charge in [0.2, 0.25) is 0 Å². The highest BCUT2D eigenvalue weighted by atomic mass is 16.6. The molecule has 0 atom stereocenters. The Morgan fingerprint density at radius 3 is 2.82 bits per heavy atom. The predicted molar refractivity (Wildman–Crippen MR) is 75.1 cm³/mol. The van der Waals surface area contributed by atoms with E-state index in [-0.39, 0.29) is 18.8 Å². The lowest BCUT2D eigenvalue weighted by molar-refractivity contribution is -0.131. The Morgan fingerprint density at radius 1 is 1.23 bits per heavy atom. The van der Waals surface area contributed by atoms with E-state index in [1.54, 1.807) is 12.1 Å². The predicted octanol–water partition coefficient (Wildman–Crippen LogP) is 1.37. The summed E-state index contributed by atoms with van der Waals surface area (Å²) in [5, 5.41) is 0.898. The molecule has 1 aromatic heterocycles. The Morgan fingerprint density at radius 2 is 2.05 bits per heavy atom. The number of pyridine rings is 1. The van der Waals surface area contributed by atoms with E-state index in [9.17, 15) is 14.4 Å². The number of para-hydroxylation sites is 1. The molecule has 7 nitrogen and oxygen atoms in total. The van der Waals surface area contributed by atoms with E-state index < -0.39 is 24.6 Å². The highest BCUT2D eigenvalue weighted by Gasteiger charge is 2.29. The van der Waals surface area contributed by atoms with Gasteiger partial charge >= 0.3 is 12.1 Å². The van der Waals surface area contributed by atoms with Crippen LogP contribution in [0.5, 0.6) is 0 Å². The summed E-state index contributed by atoms with van der Waals surface area (Å²) in [6, 6.07) is 10.6. The van der Waals surface area contributed by atoms with Gasteiger partial charge in [0.05, 0.1) is 12.1 Å². The number of hydrogen-bond acceptors (Lipinski definition) is 6. The third-order valence-electron chi connectivity index (χ3n) is 3.20. The van der Waals surface area contributed by atoms with Crippen molar-refractivity contribution in [1.82, 2.24) is 9.88 Å². The number of esters is 1. The summed E-state index contributed by atoms with van der Waals surface area (Å²) in [5.41, 5.74) is 0.766. The number of carbonyl (C=O) groups excluding carboxylic acids is 3. The first-order valence-electron chi connectivity index (χ1n) is 6.65. The van der Waals surface area contributed by atoms with Crippen molar-refractivity contribution < 1.29 is 23.9 Å². The van der Waals surface area contributed by atoms with Gasteiger partial charge in [0.25, 0.3) is 5.91 Å². The summed E-state index contributed by atoms with van der Waals surface area (Å²) in [5.74, 6) is -1.33. The fourth-order valence-corrected chi connectivity index (χ4v) is 2.08. The Bertz CT molecular complexity index is 758. The highest BCUT2D eigenvalue weighted by Crippen LogP contribution is 2.12. The third-order valence-corrected chi connectivity index (χ3v) is 3.20. The van der Waals surface area contributed by atoms with Crippen LogP contribution in [0.4, 0.5) is 4.79 Å². The van der Waals surface area contributed by atoms with Crippen LogP contribution in [0.1, 0.15) is 10.5 Å². The molecule has 3 rings (SSSR count). The van der Waals surface area contributed by atoms with Crippen LogP contribution in [-0.4, -0.2) is 47.6 Å². The Balaban J connectivity index is 1.65. The van der Waals surface area contributed by atoms with E-state index in [2.05, 4.69) is 9.72 Å². The van der Waals surface area contributed by atoms with Crippen LogP contribution in [-0.2, 0) is 14.3 Å². The minimum Gasteiger partial charge on any atom is -0.451 e.